The highest BCUT2D eigenvalue weighted by molar-refractivity contribution is 5.83. The topological polar surface area (TPSA) is 54.6 Å². The molecule has 0 aliphatic carbocycles. The maximum absolute atomic E-state index is 12.8. The molecule has 0 atom stereocenters. The molecular weight excluding hydrogens is 364 g/mol. The molecule has 3 aromatic rings. The number of piperidine rings is 1. The largest absolute Gasteiger partial charge is 0.497 e. The maximum atomic E-state index is 12.8. The fourth-order valence-corrected chi connectivity index (χ4v) is 4.35. The van der Waals surface area contributed by atoms with Gasteiger partial charge in [0.15, 0.2) is 0 Å². The number of aryl methyl sites for hydroxylation is 1. The highest BCUT2D eigenvalue weighted by Gasteiger charge is 2.25. The van der Waals surface area contributed by atoms with Crippen molar-refractivity contribution in [3.8, 4) is 11.5 Å². The summed E-state index contributed by atoms with van der Waals surface area (Å²) in [6.45, 7) is 1.64. The number of ether oxygens (including phenoxy) is 2. The summed E-state index contributed by atoms with van der Waals surface area (Å²) < 4.78 is 10.7. The van der Waals surface area contributed by atoms with Crippen LogP contribution in [0.1, 0.15) is 36.3 Å². The van der Waals surface area contributed by atoms with E-state index in [1.807, 2.05) is 23.1 Å². The number of methoxy groups -OCH3 is 2. The highest BCUT2D eigenvalue weighted by atomic mass is 16.5. The number of amides is 1. The molecule has 1 N–H and O–H groups in total. The van der Waals surface area contributed by atoms with Gasteiger partial charge in [0.25, 0.3) is 0 Å². The second-order valence-corrected chi connectivity index (χ2v) is 7.62. The lowest BCUT2D eigenvalue weighted by Gasteiger charge is -2.32. The molecule has 1 aliphatic heterocycles. The number of aromatic amines is 1. The Hall–Kier alpha value is -2.95. The zero-order valence-electron chi connectivity index (χ0n) is 17.1. The van der Waals surface area contributed by atoms with Crippen LogP contribution in [0.3, 0.4) is 0 Å². The van der Waals surface area contributed by atoms with Crippen molar-refractivity contribution in [3.63, 3.8) is 0 Å². The van der Waals surface area contributed by atoms with Crippen LogP contribution in [0, 0.1) is 0 Å². The van der Waals surface area contributed by atoms with Crippen LogP contribution in [-0.2, 0) is 11.2 Å². The van der Waals surface area contributed by atoms with Gasteiger partial charge in [-0.1, -0.05) is 18.2 Å². The molecule has 0 unspecified atom stereocenters. The number of hydrogen-bond acceptors (Lipinski definition) is 3. The minimum atomic E-state index is 0.215. The average Bonchev–Trinajstić information content (AvgIpc) is 3.21. The van der Waals surface area contributed by atoms with Crippen molar-refractivity contribution < 1.29 is 14.3 Å². The van der Waals surface area contributed by atoms with Crippen LogP contribution in [0.2, 0.25) is 0 Å². The molecule has 0 saturated carbocycles. The summed E-state index contributed by atoms with van der Waals surface area (Å²) >= 11 is 0. The molecule has 1 amide bonds. The van der Waals surface area contributed by atoms with E-state index in [0.29, 0.717) is 18.8 Å². The maximum Gasteiger partial charge on any atom is 0.222 e. The molecule has 1 aromatic heterocycles. The van der Waals surface area contributed by atoms with Crippen LogP contribution in [-0.4, -0.2) is 43.1 Å². The number of H-pyrrole nitrogens is 1. The van der Waals surface area contributed by atoms with Crippen molar-refractivity contribution in [2.75, 3.05) is 27.3 Å². The van der Waals surface area contributed by atoms with Crippen molar-refractivity contribution in [3.05, 3.63) is 59.8 Å². The summed E-state index contributed by atoms with van der Waals surface area (Å²) in [5.41, 5.74) is 3.58. The predicted octanol–water partition coefficient (Wildman–Crippen LogP) is 4.52. The van der Waals surface area contributed by atoms with Gasteiger partial charge in [0.1, 0.15) is 11.5 Å². The van der Waals surface area contributed by atoms with Gasteiger partial charge >= 0.3 is 0 Å². The van der Waals surface area contributed by atoms with Crippen molar-refractivity contribution in [1.29, 1.82) is 0 Å². The van der Waals surface area contributed by atoms with E-state index in [-0.39, 0.29) is 5.91 Å². The summed E-state index contributed by atoms with van der Waals surface area (Å²) in [5, 5.41) is 1.31. The smallest absolute Gasteiger partial charge is 0.222 e. The van der Waals surface area contributed by atoms with E-state index in [9.17, 15) is 4.79 Å². The molecule has 1 saturated heterocycles. The van der Waals surface area contributed by atoms with Crippen LogP contribution in [0.15, 0.2) is 48.7 Å². The highest BCUT2D eigenvalue weighted by Crippen LogP contribution is 2.33. The van der Waals surface area contributed by atoms with E-state index in [2.05, 4.69) is 35.4 Å². The van der Waals surface area contributed by atoms with Crippen molar-refractivity contribution >= 4 is 16.8 Å². The fraction of sp³-hybridized carbons (Fsp3) is 0.375. The number of para-hydroxylation sites is 1. The third-order valence-corrected chi connectivity index (χ3v) is 6.00. The van der Waals surface area contributed by atoms with Gasteiger partial charge in [-0.3, -0.25) is 4.79 Å². The van der Waals surface area contributed by atoms with Crippen LogP contribution >= 0.6 is 0 Å². The lowest BCUT2D eigenvalue weighted by molar-refractivity contribution is -0.132. The van der Waals surface area contributed by atoms with E-state index >= 15 is 0 Å². The summed E-state index contributed by atoms with van der Waals surface area (Å²) in [6.07, 6.45) is 5.30. The minimum absolute atomic E-state index is 0.215. The second kappa shape index (κ2) is 8.60. The van der Waals surface area contributed by atoms with Crippen molar-refractivity contribution in [2.45, 2.75) is 31.6 Å². The van der Waals surface area contributed by atoms with E-state index in [4.69, 9.17) is 9.47 Å². The minimum Gasteiger partial charge on any atom is -0.497 e. The molecule has 1 aliphatic rings. The van der Waals surface area contributed by atoms with Crippen molar-refractivity contribution in [2.24, 2.45) is 0 Å². The fourth-order valence-electron chi connectivity index (χ4n) is 4.35. The Morgan fingerprint density at radius 3 is 2.66 bits per heavy atom. The van der Waals surface area contributed by atoms with E-state index in [0.717, 1.165) is 43.0 Å². The van der Waals surface area contributed by atoms with Gasteiger partial charge in [-0.05, 0) is 60.6 Å². The van der Waals surface area contributed by atoms with Gasteiger partial charge < -0.3 is 19.4 Å². The molecule has 4 rings (SSSR count). The first-order valence-electron chi connectivity index (χ1n) is 10.2. The van der Waals surface area contributed by atoms with Gasteiger partial charge in [0.2, 0.25) is 5.91 Å². The number of carbonyl (C=O) groups excluding carboxylic acids is 1. The molecule has 0 radical (unpaired) electrons. The van der Waals surface area contributed by atoms with Crippen LogP contribution < -0.4 is 9.47 Å². The lowest BCUT2D eigenvalue weighted by atomic mass is 9.89. The third-order valence-electron chi connectivity index (χ3n) is 6.00. The molecule has 1 fully saturated rings. The number of hydrogen-bond donors (Lipinski definition) is 1. The monoisotopic (exact) mass is 392 g/mol. The first-order valence-corrected chi connectivity index (χ1v) is 10.2. The van der Waals surface area contributed by atoms with Crippen molar-refractivity contribution in [1.82, 2.24) is 9.88 Å². The van der Waals surface area contributed by atoms with E-state index in [1.165, 1.54) is 16.5 Å². The summed E-state index contributed by atoms with van der Waals surface area (Å²) in [7, 11) is 3.30. The zero-order chi connectivity index (χ0) is 20.2. The number of fused-ring (bicyclic) bond motifs is 1. The van der Waals surface area contributed by atoms with E-state index in [1.54, 1.807) is 14.2 Å². The Kier molecular flexibility index (Phi) is 5.74. The number of carbonyl (C=O) groups is 1. The number of nitrogens with zero attached hydrogens (tertiary/aromatic N) is 1. The molecular formula is C24H28N2O3. The molecule has 0 spiro atoms. The molecule has 2 aromatic carbocycles. The normalized spacial score (nSPS) is 14.9. The molecule has 29 heavy (non-hydrogen) atoms. The van der Waals surface area contributed by atoms with Gasteiger partial charge in [0, 0.05) is 36.6 Å². The third kappa shape index (κ3) is 4.09. The number of aromatic nitrogens is 1. The molecule has 0 bridgehead atoms. The predicted molar refractivity (Wildman–Crippen MR) is 115 cm³/mol. The Morgan fingerprint density at radius 2 is 1.90 bits per heavy atom. The standard InChI is InChI=1S/C24H28N2O3/c1-28-19-8-9-23(29-2)18(15-19)7-10-24(27)26-13-11-17(12-14-26)21-16-25-22-6-4-3-5-20(21)22/h3-6,8-9,15-17,25H,7,10-14H2,1-2H3. The summed E-state index contributed by atoms with van der Waals surface area (Å²) in [5.74, 6) is 2.31. The number of nitrogens with one attached hydrogen (secondary N) is 1. The average molecular weight is 392 g/mol. The summed E-state index contributed by atoms with van der Waals surface area (Å²) in [4.78, 5) is 18.2. The SMILES string of the molecule is COc1ccc(OC)c(CCC(=O)N2CCC(c3c[nH]c4ccccc34)CC2)c1. The molecule has 152 valence electrons. The molecule has 5 heteroatoms. The van der Waals surface area contributed by atoms with Crippen LogP contribution in [0.25, 0.3) is 10.9 Å². The lowest BCUT2D eigenvalue weighted by Crippen LogP contribution is -2.38. The van der Waals surface area contributed by atoms with Gasteiger partial charge in [0.05, 0.1) is 14.2 Å². The molecule has 5 nitrogen and oxygen atoms in total. The van der Waals surface area contributed by atoms with Gasteiger partial charge in [-0.15, -0.1) is 0 Å². The number of rotatable bonds is 6. The van der Waals surface area contributed by atoms with Gasteiger partial charge in [-0.25, -0.2) is 0 Å². The molecule has 2 heterocycles. The number of benzene rings is 2. The number of likely N-dealkylation sites (tertiary alicyclic amines) is 1. The van der Waals surface area contributed by atoms with Crippen LogP contribution in [0.5, 0.6) is 11.5 Å². The Labute approximate surface area is 171 Å². The first kappa shape index (κ1) is 19.4. The van der Waals surface area contributed by atoms with Crippen LogP contribution in [0.4, 0.5) is 0 Å². The zero-order valence-corrected chi connectivity index (χ0v) is 17.1. The summed E-state index contributed by atoms with van der Waals surface area (Å²) in [6, 6.07) is 14.2. The van der Waals surface area contributed by atoms with Gasteiger partial charge in [-0.2, -0.15) is 0 Å². The Balaban J connectivity index is 1.35. The van der Waals surface area contributed by atoms with E-state index < -0.39 is 0 Å². The second-order valence-electron chi connectivity index (χ2n) is 7.62. The quantitative estimate of drug-likeness (QED) is 0.671. The Morgan fingerprint density at radius 1 is 1.10 bits per heavy atom. The Bertz CT molecular complexity index is 987. The first-order chi connectivity index (χ1) is 14.2.